The Morgan fingerprint density at radius 2 is 1.88 bits per heavy atom. The van der Waals surface area contributed by atoms with Gasteiger partial charge in [-0.25, -0.2) is 9.69 Å². The van der Waals surface area contributed by atoms with Gasteiger partial charge in [-0.15, -0.1) is 0 Å². The number of carbonyl (C=O) groups excluding carboxylic acids is 2. The standard InChI is InChI=1S/C19H16ClNO3/c20-16-9-6-14(7-10-16)8-11-18(22)21-17(13-24-19(21)23)12-15-4-2-1-3-5-15/h1-11,17H,12-13H2/t17-/m1/s1. The SMILES string of the molecule is O=C(C=Cc1ccc(Cl)cc1)N1C(=O)OC[C@H]1Cc1ccccc1. The van der Waals surface area contributed by atoms with Gasteiger partial charge in [0.2, 0.25) is 0 Å². The molecule has 1 heterocycles. The molecule has 0 spiro atoms. The summed E-state index contributed by atoms with van der Waals surface area (Å²) in [6.45, 7) is 0.217. The highest BCUT2D eigenvalue weighted by molar-refractivity contribution is 6.30. The summed E-state index contributed by atoms with van der Waals surface area (Å²) >= 11 is 5.83. The molecule has 122 valence electrons. The molecule has 2 aromatic rings. The van der Waals surface area contributed by atoms with E-state index in [-0.39, 0.29) is 18.6 Å². The zero-order chi connectivity index (χ0) is 16.9. The van der Waals surface area contributed by atoms with Crippen LogP contribution in [0.5, 0.6) is 0 Å². The maximum atomic E-state index is 12.4. The lowest BCUT2D eigenvalue weighted by atomic mass is 10.1. The highest BCUT2D eigenvalue weighted by Gasteiger charge is 2.36. The Hall–Kier alpha value is -2.59. The quantitative estimate of drug-likeness (QED) is 0.791. The second-order valence-electron chi connectivity index (χ2n) is 5.51. The molecular weight excluding hydrogens is 326 g/mol. The van der Waals surface area contributed by atoms with Crippen LogP contribution in [0.1, 0.15) is 11.1 Å². The molecule has 0 bridgehead atoms. The zero-order valence-corrected chi connectivity index (χ0v) is 13.6. The number of imide groups is 1. The van der Waals surface area contributed by atoms with Crippen LogP contribution in [-0.2, 0) is 16.0 Å². The van der Waals surface area contributed by atoms with Crippen molar-refractivity contribution in [3.8, 4) is 0 Å². The van der Waals surface area contributed by atoms with E-state index in [1.165, 1.54) is 11.0 Å². The minimum atomic E-state index is -0.596. The van der Waals surface area contributed by atoms with Crippen molar-refractivity contribution in [1.82, 2.24) is 4.90 Å². The van der Waals surface area contributed by atoms with Crippen LogP contribution in [0.15, 0.2) is 60.7 Å². The molecule has 24 heavy (non-hydrogen) atoms. The fraction of sp³-hybridized carbons (Fsp3) is 0.158. The Bertz CT molecular complexity index is 756. The summed E-state index contributed by atoms with van der Waals surface area (Å²) in [6.07, 6.45) is 3.02. The summed E-state index contributed by atoms with van der Waals surface area (Å²) in [5.41, 5.74) is 1.89. The lowest BCUT2D eigenvalue weighted by Gasteiger charge is -2.18. The minimum absolute atomic E-state index is 0.217. The van der Waals surface area contributed by atoms with Gasteiger partial charge in [-0.1, -0.05) is 54.1 Å². The van der Waals surface area contributed by atoms with Crippen molar-refractivity contribution in [2.75, 3.05) is 6.61 Å². The van der Waals surface area contributed by atoms with Gasteiger partial charge in [-0.05, 0) is 35.8 Å². The van der Waals surface area contributed by atoms with Crippen LogP contribution in [-0.4, -0.2) is 29.5 Å². The molecule has 1 atom stereocenters. The van der Waals surface area contributed by atoms with Crippen molar-refractivity contribution in [2.45, 2.75) is 12.5 Å². The Balaban J connectivity index is 1.71. The molecule has 0 aromatic heterocycles. The molecule has 1 saturated heterocycles. The smallest absolute Gasteiger partial charge is 0.417 e. The Labute approximate surface area is 145 Å². The number of carbonyl (C=O) groups is 2. The molecule has 0 saturated carbocycles. The summed E-state index contributed by atoms with van der Waals surface area (Å²) in [7, 11) is 0. The Morgan fingerprint density at radius 1 is 1.17 bits per heavy atom. The highest BCUT2D eigenvalue weighted by atomic mass is 35.5. The van der Waals surface area contributed by atoms with Crippen LogP contribution in [0, 0.1) is 0 Å². The first-order valence-corrected chi connectivity index (χ1v) is 7.99. The largest absolute Gasteiger partial charge is 0.447 e. The molecule has 0 N–H and O–H groups in total. The van der Waals surface area contributed by atoms with E-state index in [1.807, 2.05) is 30.3 Å². The molecule has 2 amide bonds. The molecule has 3 rings (SSSR count). The van der Waals surface area contributed by atoms with E-state index in [2.05, 4.69) is 0 Å². The van der Waals surface area contributed by atoms with E-state index in [0.29, 0.717) is 11.4 Å². The first-order chi connectivity index (χ1) is 11.6. The summed E-state index contributed by atoms with van der Waals surface area (Å²) in [5.74, 6) is -0.381. The summed E-state index contributed by atoms with van der Waals surface area (Å²) < 4.78 is 5.05. The van der Waals surface area contributed by atoms with Crippen LogP contribution < -0.4 is 0 Å². The number of hydrogen-bond donors (Lipinski definition) is 0. The van der Waals surface area contributed by atoms with E-state index in [0.717, 1.165) is 11.1 Å². The number of amides is 2. The Kier molecular flexibility index (Phi) is 4.96. The van der Waals surface area contributed by atoms with Gasteiger partial charge in [0.15, 0.2) is 0 Å². The van der Waals surface area contributed by atoms with Crippen molar-refractivity contribution in [3.05, 3.63) is 76.8 Å². The molecule has 4 nitrogen and oxygen atoms in total. The lowest BCUT2D eigenvalue weighted by molar-refractivity contribution is -0.124. The van der Waals surface area contributed by atoms with Crippen molar-refractivity contribution in [1.29, 1.82) is 0 Å². The van der Waals surface area contributed by atoms with Gasteiger partial charge in [-0.3, -0.25) is 4.79 Å². The predicted molar refractivity (Wildman–Crippen MR) is 92.6 cm³/mol. The molecule has 1 aliphatic rings. The van der Waals surface area contributed by atoms with Crippen LogP contribution in [0.25, 0.3) is 6.08 Å². The van der Waals surface area contributed by atoms with E-state index in [4.69, 9.17) is 16.3 Å². The molecule has 2 aromatic carbocycles. The van der Waals surface area contributed by atoms with Crippen molar-refractivity contribution in [3.63, 3.8) is 0 Å². The predicted octanol–water partition coefficient (Wildman–Crippen LogP) is 3.94. The number of cyclic esters (lactones) is 1. The number of nitrogens with zero attached hydrogens (tertiary/aromatic N) is 1. The van der Waals surface area contributed by atoms with E-state index in [1.54, 1.807) is 30.3 Å². The third kappa shape index (κ3) is 3.84. The van der Waals surface area contributed by atoms with Crippen LogP contribution in [0.2, 0.25) is 5.02 Å². The summed E-state index contributed by atoms with van der Waals surface area (Å²) in [6, 6.07) is 16.5. The topological polar surface area (TPSA) is 46.6 Å². The van der Waals surface area contributed by atoms with Gasteiger partial charge < -0.3 is 4.74 Å². The lowest BCUT2D eigenvalue weighted by Crippen LogP contribution is -2.39. The Morgan fingerprint density at radius 3 is 2.58 bits per heavy atom. The minimum Gasteiger partial charge on any atom is -0.447 e. The van der Waals surface area contributed by atoms with E-state index < -0.39 is 6.09 Å². The van der Waals surface area contributed by atoms with Crippen LogP contribution >= 0.6 is 11.6 Å². The molecule has 0 aliphatic carbocycles. The molecule has 1 fully saturated rings. The number of rotatable bonds is 4. The van der Waals surface area contributed by atoms with Gasteiger partial charge in [0.1, 0.15) is 6.61 Å². The average Bonchev–Trinajstić information content (AvgIpc) is 2.95. The van der Waals surface area contributed by atoms with Crippen molar-refractivity contribution in [2.24, 2.45) is 0 Å². The molecule has 0 radical (unpaired) electrons. The number of ether oxygens (including phenoxy) is 1. The third-order valence-electron chi connectivity index (χ3n) is 3.80. The second-order valence-corrected chi connectivity index (χ2v) is 5.95. The van der Waals surface area contributed by atoms with Gasteiger partial charge in [0, 0.05) is 11.1 Å². The summed E-state index contributed by atoms with van der Waals surface area (Å²) in [5, 5.41) is 0.629. The summed E-state index contributed by atoms with van der Waals surface area (Å²) in [4.78, 5) is 25.5. The van der Waals surface area contributed by atoms with Crippen molar-refractivity contribution >= 4 is 29.7 Å². The van der Waals surface area contributed by atoms with E-state index >= 15 is 0 Å². The fourth-order valence-corrected chi connectivity index (χ4v) is 2.71. The average molecular weight is 342 g/mol. The maximum absolute atomic E-state index is 12.4. The molecule has 0 unspecified atom stereocenters. The first kappa shape index (κ1) is 16.3. The van der Waals surface area contributed by atoms with Crippen LogP contribution in [0.3, 0.4) is 0 Å². The number of halogens is 1. The zero-order valence-electron chi connectivity index (χ0n) is 12.9. The van der Waals surface area contributed by atoms with Gasteiger partial charge in [0.25, 0.3) is 5.91 Å². The van der Waals surface area contributed by atoms with Gasteiger partial charge >= 0.3 is 6.09 Å². The van der Waals surface area contributed by atoms with Gasteiger partial charge in [-0.2, -0.15) is 0 Å². The highest BCUT2D eigenvalue weighted by Crippen LogP contribution is 2.18. The monoisotopic (exact) mass is 341 g/mol. The molecular formula is C19H16ClNO3. The first-order valence-electron chi connectivity index (χ1n) is 7.61. The number of hydrogen-bond acceptors (Lipinski definition) is 3. The maximum Gasteiger partial charge on any atom is 0.417 e. The third-order valence-corrected chi connectivity index (χ3v) is 4.05. The molecule has 5 heteroatoms. The van der Waals surface area contributed by atoms with E-state index in [9.17, 15) is 9.59 Å². The van der Waals surface area contributed by atoms with Gasteiger partial charge in [0.05, 0.1) is 6.04 Å². The fourth-order valence-electron chi connectivity index (χ4n) is 2.59. The normalized spacial score (nSPS) is 17.3. The second kappa shape index (κ2) is 7.32. The van der Waals surface area contributed by atoms with Crippen LogP contribution in [0.4, 0.5) is 4.79 Å². The van der Waals surface area contributed by atoms with Crippen molar-refractivity contribution < 1.29 is 14.3 Å². The number of benzene rings is 2. The molecule has 1 aliphatic heterocycles.